The average molecular weight is 432 g/mol. The molecule has 2 aromatic carbocycles. The molecular formula is C22H20N6O4. The number of nitrogens with zero attached hydrogens (tertiary/aromatic N) is 4. The standard InChI is InChI=1S/C22H20N6O4/c1-12-7-3-6-10-16(12)24-22-26-17(25-21(23)27-22)11-32-20(31)13(2)28-18(29)14-8-4-5-9-15(14)19(28)30/h3-10,13H,11H2,1-2H3,(H3,23,24,25,26,27). The van der Waals surface area contributed by atoms with Gasteiger partial charge in [-0.15, -0.1) is 0 Å². The average Bonchev–Trinajstić information content (AvgIpc) is 3.03. The van der Waals surface area contributed by atoms with E-state index in [2.05, 4.69) is 20.3 Å². The van der Waals surface area contributed by atoms with Crippen LogP contribution in [0.15, 0.2) is 48.5 Å². The lowest BCUT2D eigenvalue weighted by molar-refractivity contribution is -0.149. The number of hydrogen-bond acceptors (Lipinski definition) is 9. The van der Waals surface area contributed by atoms with E-state index in [0.29, 0.717) is 0 Å². The van der Waals surface area contributed by atoms with Crippen LogP contribution in [-0.4, -0.2) is 43.7 Å². The second kappa shape index (κ2) is 8.42. The van der Waals surface area contributed by atoms with Crippen LogP contribution in [-0.2, 0) is 16.1 Å². The molecule has 0 aliphatic carbocycles. The number of ether oxygens (including phenoxy) is 1. The fourth-order valence-corrected chi connectivity index (χ4v) is 3.31. The van der Waals surface area contributed by atoms with Crippen LogP contribution in [0.4, 0.5) is 17.6 Å². The van der Waals surface area contributed by atoms with Crippen LogP contribution in [0.25, 0.3) is 0 Å². The summed E-state index contributed by atoms with van der Waals surface area (Å²) < 4.78 is 5.26. The highest BCUT2D eigenvalue weighted by Gasteiger charge is 2.41. The number of nitrogens with two attached hydrogens (primary N) is 1. The first-order valence-electron chi connectivity index (χ1n) is 9.82. The molecule has 162 valence electrons. The third-order valence-corrected chi connectivity index (χ3v) is 4.99. The number of fused-ring (bicyclic) bond motifs is 1. The predicted molar refractivity (Wildman–Crippen MR) is 115 cm³/mol. The van der Waals surface area contributed by atoms with E-state index in [0.717, 1.165) is 16.2 Å². The van der Waals surface area contributed by atoms with Gasteiger partial charge in [0.2, 0.25) is 11.9 Å². The highest BCUT2D eigenvalue weighted by Crippen LogP contribution is 2.25. The second-order valence-electron chi connectivity index (χ2n) is 7.18. The summed E-state index contributed by atoms with van der Waals surface area (Å²) in [6.45, 7) is 3.05. The summed E-state index contributed by atoms with van der Waals surface area (Å²) in [5.41, 5.74) is 8.05. The molecule has 10 nitrogen and oxygen atoms in total. The fourth-order valence-electron chi connectivity index (χ4n) is 3.31. The number of aryl methyl sites for hydroxylation is 1. The van der Waals surface area contributed by atoms with Gasteiger partial charge >= 0.3 is 5.97 Å². The summed E-state index contributed by atoms with van der Waals surface area (Å²) in [4.78, 5) is 50.8. The molecular weight excluding hydrogens is 412 g/mol. The van der Waals surface area contributed by atoms with Crippen LogP contribution >= 0.6 is 0 Å². The first-order valence-corrected chi connectivity index (χ1v) is 9.82. The smallest absolute Gasteiger partial charge is 0.329 e. The van der Waals surface area contributed by atoms with Crippen molar-refractivity contribution in [2.45, 2.75) is 26.5 Å². The van der Waals surface area contributed by atoms with E-state index < -0.39 is 23.8 Å². The summed E-state index contributed by atoms with van der Waals surface area (Å²) in [6, 6.07) is 12.8. The van der Waals surface area contributed by atoms with Crippen molar-refractivity contribution in [2.24, 2.45) is 0 Å². The van der Waals surface area contributed by atoms with Crippen molar-refractivity contribution in [1.29, 1.82) is 0 Å². The van der Waals surface area contributed by atoms with Gasteiger partial charge in [0.1, 0.15) is 6.04 Å². The topological polar surface area (TPSA) is 140 Å². The van der Waals surface area contributed by atoms with Gasteiger partial charge in [0.25, 0.3) is 11.8 Å². The number of aromatic nitrogens is 3. The normalized spacial score (nSPS) is 13.6. The number of para-hydroxylation sites is 1. The molecule has 0 fully saturated rings. The van der Waals surface area contributed by atoms with Crippen LogP contribution in [0.5, 0.6) is 0 Å². The third kappa shape index (κ3) is 3.97. The van der Waals surface area contributed by atoms with Crippen LogP contribution in [0.2, 0.25) is 0 Å². The summed E-state index contributed by atoms with van der Waals surface area (Å²) in [5, 5.41) is 3.05. The maximum Gasteiger partial charge on any atom is 0.329 e. The number of amides is 2. The highest BCUT2D eigenvalue weighted by atomic mass is 16.5. The number of nitrogens with one attached hydrogen (secondary N) is 1. The first kappa shape index (κ1) is 20.9. The summed E-state index contributed by atoms with van der Waals surface area (Å²) in [5.74, 6) is -1.57. The summed E-state index contributed by atoms with van der Waals surface area (Å²) >= 11 is 0. The second-order valence-corrected chi connectivity index (χ2v) is 7.18. The number of carbonyl (C=O) groups is 3. The molecule has 0 bridgehead atoms. The molecule has 0 radical (unpaired) electrons. The van der Waals surface area contributed by atoms with Gasteiger partial charge in [0, 0.05) is 5.69 Å². The van der Waals surface area contributed by atoms with Crippen LogP contribution in [0.1, 0.15) is 39.0 Å². The first-order chi connectivity index (χ1) is 15.3. The zero-order valence-electron chi connectivity index (χ0n) is 17.4. The monoisotopic (exact) mass is 432 g/mol. The molecule has 3 aromatic rings. The van der Waals surface area contributed by atoms with Gasteiger partial charge in [-0.1, -0.05) is 30.3 Å². The lowest BCUT2D eigenvalue weighted by atomic mass is 10.1. The van der Waals surface area contributed by atoms with Crippen molar-refractivity contribution in [3.63, 3.8) is 0 Å². The van der Waals surface area contributed by atoms with Gasteiger partial charge in [0.05, 0.1) is 11.1 Å². The number of nitrogen functional groups attached to an aromatic ring is 1. The molecule has 1 aromatic heterocycles. The zero-order valence-corrected chi connectivity index (χ0v) is 17.4. The maximum absolute atomic E-state index is 12.6. The van der Waals surface area contributed by atoms with Gasteiger partial charge in [-0.3, -0.25) is 14.5 Å². The van der Waals surface area contributed by atoms with E-state index >= 15 is 0 Å². The van der Waals surface area contributed by atoms with Crippen molar-refractivity contribution >= 4 is 35.4 Å². The van der Waals surface area contributed by atoms with Crippen molar-refractivity contribution in [3.8, 4) is 0 Å². The Balaban J connectivity index is 1.44. The quantitative estimate of drug-likeness (QED) is 0.443. The number of rotatable bonds is 6. The number of imide groups is 1. The largest absolute Gasteiger partial charge is 0.456 e. The molecule has 1 aliphatic heterocycles. The summed E-state index contributed by atoms with van der Waals surface area (Å²) in [7, 11) is 0. The molecule has 2 amide bonds. The van der Waals surface area contributed by atoms with Crippen LogP contribution in [0, 0.1) is 6.92 Å². The predicted octanol–water partition coefficient (Wildman–Crippen LogP) is 2.23. The van der Waals surface area contributed by atoms with Gasteiger partial charge in [-0.2, -0.15) is 15.0 Å². The minimum atomic E-state index is -1.12. The Hall–Kier alpha value is -4.34. The Bertz CT molecular complexity index is 1190. The highest BCUT2D eigenvalue weighted by molar-refractivity contribution is 6.22. The van der Waals surface area contributed by atoms with E-state index in [-0.39, 0.29) is 35.5 Å². The molecule has 3 N–H and O–H groups in total. The molecule has 0 saturated heterocycles. The SMILES string of the molecule is Cc1ccccc1Nc1nc(N)nc(COC(=O)C(C)N2C(=O)c3ccccc3C2=O)n1. The molecule has 32 heavy (non-hydrogen) atoms. The minimum Gasteiger partial charge on any atom is -0.456 e. The Morgan fingerprint density at radius 1 is 1.03 bits per heavy atom. The van der Waals surface area contributed by atoms with Gasteiger partial charge in [-0.05, 0) is 37.6 Å². The maximum atomic E-state index is 12.6. The molecule has 0 saturated carbocycles. The molecule has 1 unspecified atom stereocenters. The molecule has 4 rings (SSSR count). The van der Waals surface area contributed by atoms with Crippen molar-refractivity contribution in [2.75, 3.05) is 11.1 Å². The lowest BCUT2D eigenvalue weighted by Crippen LogP contribution is -2.43. The number of anilines is 3. The lowest BCUT2D eigenvalue weighted by Gasteiger charge is -2.20. The van der Waals surface area contributed by atoms with Crippen LogP contribution < -0.4 is 11.1 Å². The van der Waals surface area contributed by atoms with Gasteiger partial charge < -0.3 is 15.8 Å². The van der Waals surface area contributed by atoms with Crippen molar-refractivity contribution in [1.82, 2.24) is 19.9 Å². The fraction of sp³-hybridized carbons (Fsp3) is 0.182. The Labute approximate surface area is 183 Å². The van der Waals surface area contributed by atoms with E-state index in [1.807, 2.05) is 31.2 Å². The molecule has 2 heterocycles. The number of benzene rings is 2. The molecule has 10 heteroatoms. The number of esters is 1. The third-order valence-electron chi connectivity index (χ3n) is 4.99. The Kier molecular flexibility index (Phi) is 5.50. The molecule has 0 spiro atoms. The van der Waals surface area contributed by atoms with Gasteiger partial charge in [0.15, 0.2) is 12.4 Å². The minimum absolute atomic E-state index is 0.0458. The van der Waals surface area contributed by atoms with E-state index in [9.17, 15) is 14.4 Å². The van der Waals surface area contributed by atoms with Crippen LogP contribution in [0.3, 0.4) is 0 Å². The van der Waals surface area contributed by atoms with Gasteiger partial charge in [-0.25, -0.2) is 4.79 Å². The molecule has 1 aliphatic rings. The summed E-state index contributed by atoms with van der Waals surface area (Å²) in [6.07, 6.45) is 0. The van der Waals surface area contributed by atoms with Crippen molar-refractivity contribution < 1.29 is 19.1 Å². The zero-order chi connectivity index (χ0) is 22.8. The van der Waals surface area contributed by atoms with E-state index in [4.69, 9.17) is 10.5 Å². The van der Waals surface area contributed by atoms with E-state index in [1.165, 1.54) is 6.92 Å². The molecule has 1 atom stereocenters. The van der Waals surface area contributed by atoms with E-state index in [1.54, 1.807) is 24.3 Å². The number of carbonyl (C=O) groups excluding carboxylic acids is 3. The number of hydrogen-bond donors (Lipinski definition) is 2. The Morgan fingerprint density at radius 3 is 2.31 bits per heavy atom. The van der Waals surface area contributed by atoms with Crippen molar-refractivity contribution in [3.05, 3.63) is 71.0 Å². The Morgan fingerprint density at radius 2 is 1.66 bits per heavy atom.